The van der Waals surface area contributed by atoms with Crippen molar-refractivity contribution in [2.24, 2.45) is 5.73 Å². The number of ether oxygens (including phenoxy) is 1. The minimum atomic E-state index is -0.469. The topological polar surface area (TPSA) is 115 Å². The van der Waals surface area contributed by atoms with Crippen molar-refractivity contribution in [1.29, 1.82) is 0 Å². The molecule has 2 atom stereocenters. The second-order valence-electron chi connectivity index (χ2n) is 10.0. The molecular weight excluding hydrogens is 512 g/mol. The van der Waals surface area contributed by atoms with E-state index < -0.39 is 6.04 Å². The first-order valence-corrected chi connectivity index (χ1v) is 14.8. The Bertz CT molecular complexity index is 1250. The summed E-state index contributed by atoms with van der Waals surface area (Å²) in [4.78, 5) is 37.2. The van der Waals surface area contributed by atoms with Gasteiger partial charge in [0.15, 0.2) is 0 Å². The number of rotatable bonds is 13. The molecule has 1 fully saturated rings. The Morgan fingerprint density at radius 1 is 1.26 bits per heavy atom. The number of aryl methyl sites for hydroxylation is 1. The molecule has 3 heterocycles. The fourth-order valence-electron chi connectivity index (χ4n) is 5.04. The predicted molar refractivity (Wildman–Crippen MR) is 155 cm³/mol. The lowest BCUT2D eigenvalue weighted by molar-refractivity contribution is -0.132. The van der Waals surface area contributed by atoms with Crippen LogP contribution in [0, 0.1) is 0 Å². The van der Waals surface area contributed by atoms with Crippen molar-refractivity contribution < 1.29 is 14.3 Å². The van der Waals surface area contributed by atoms with Crippen LogP contribution in [0.3, 0.4) is 0 Å². The molecular formula is C29H40N6O3S. The Morgan fingerprint density at radius 2 is 2.10 bits per heavy atom. The highest BCUT2D eigenvalue weighted by Gasteiger charge is 2.29. The van der Waals surface area contributed by atoms with E-state index in [0.717, 1.165) is 54.8 Å². The average Bonchev–Trinajstić information content (AvgIpc) is 3.33. The lowest BCUT2D eigenvalue weighted by Crippen LogP contribution is -2.45. The zero-order valence-electron chi connectivity index (χ0n) is 23.0. The number of hydrogen-bond acceptors (Lipinski definition) is 7. The van der Waals surface area contributed by atoms with Gasteiger partial charge in [0, 0.05) is 64.5 Å². The first-order chi connectivity index (χ1) is 19.0. The number of carbonyl (C=O) groups excluding carboxylic acids is 2. The summed E-state index contributed by atoms with van der Waals surface area (Å²) in [5.74, 6) is 1.90. The van der Waals surface area contributed by atoms with Crippen LogP contribution in [0.5, 0.6) is 0 Å². The molecule has 1 aromatic carbocycles. The van der Waals surface area contributed by atoms with E-state index in [1.807, 2.05) is 23.1 Å². The van der Waals surface area contributed by atoms with Crippen LogP contribution in [0.1, 0.15) is 61.1 Å². The molecule has 3 N–H and O–H groups in total. The van der Waals surface area contributed by atoms with Crippen molar-refractivity contribution in [3.63, 3.8) is 0 Å². The number of nitrogens with one attached hydrogen (secondary N) is 1. The zero-order valence-corrected chi connectivity index (χ0v) is 23.8. The summed E-state index contributed by atoms with van der Waals surface area (Å²) in [6, 6.07) is 11.3. The molecule has 1 aliphatic heterocycles. The third-order valence-electron chi connectivity index (χ3n) is 6.97. The highest BCUT2D eigenvalue weighted by molar-refractivity contribution is 7.99. The molecule has 1 saturated heterocycles. The first-order valence-electron chi connectivity index (χ1n) is 13.8. The number of piperidine rings is 1. The number of imidazole rings is 1. The number of pyridine rings is 1. The van der Waals surface area contributed by atoms with E-state index in [2.05, 4.69) is 27.9 Å². The number of carbonyl (C=O) groups is 2. The number of nitrogens with zero attached hydrogens (tertiary/aromatic N) is 4. The van der Waals surface area contributed by atoms with Crippen LogP contribution < -0.4 is 11.1 Å². The molecule has 210 valence electrons. The number of nitrogens with two attached hydrogens (primary N) is 1. The van der Waals surface area contributed by atoms with Crippen LogP contribution in [0.4, 0.5) is 0 Å². The molecule has 2 aromatic heterocycles. The number of thioether (sulfide) groups is 1. The van der Waals surface area contributed by atoms with Gasteiger partial charge in [-0.3, -0.25) is 9.59 Å². The molecule has 0 bridgehead atoms. The highest BCUT2D eigenvalue weighted by atomic mass is 32.2. The predicted octanol–water partition coefficient (Wildman–Crippen LogP) is 3.82. The van der Waals surface area contributed by atoms with Crippen molar-refractivity contribution in [2.75, 3.05) is 39.1 Å². The number of hydrogen-bond donors (Lipinski definition) is 2. The standard InChI is InChI=1S/C29H40N6O3S/c1-3-17-39-29-23(10-6-13-31-29)28(37)32-19-22(30)18-26(36)34-14-7-9-21(20-34)27-33-24-11-4-5-12-25(24)35(27)15-8-16-38-2/h4-6,10-13,21-22H,3,7-9,14-20,30H2,1-2H3,(H,32,37)/t21-,22+/m1/s1. The number of para-hydroxylation sites is 2. The van der Waals surface area contributed by atoms with E-state index in [-0.39, 0.29) is 30.7 Å². The van der Waals surface area contributed by atoms with Gasteiger partial charge in [0.2, 0.25) is 5.91 Å². The summed E-state index contributed by atoms with van der Waals surface area (Å²) in [5.41, 5.74) is 8.95. The second kappa shape index (κ2) is 14.4. The molecule has 9 nitrogen and oxygen atoms in total. The number of methoxy groups -OCH3 is 1. The van der Waals surface area contributed by atoms with Crippen LogP contribution in [-0.2, 0) is 16.1 Å². The maximum atomic E-state index is 13.2. The third kappa shape index (κ3) is 7.58. The maximum Gasteiger partial charge on any atom is 0.254 e. The normalized spacial score (nSPS) is 16.4. The number of amides is 2. The molecule has 0 aliphatic carbocycles. The van der Waals surface area contributed by atoms with E-state index in [9.17, 15) is 9.59 Å². The molecule has 0 spiro atoms. The SMILES string of the molecule is CCCSc1ncccc1C(=O)NC[C@@H](N)CC(=O)N1CCC[C@@H](c2nc3ccccc3n2CCCOC)C1. The highest BCUT2D eigenvalue weighted by Crippen LogP contribution is 2.30. The Morgan fingerprint density at radius 3 is 2.92 bits per heavy atom. The Kier molecular flexibility index (Phi) is 10.8. The van der Waals surface area contributed by atoms with E-state index >= 15 is 0 Å². The van der Waals surface area contributed by atoms with Gasteiger partial charge in [-0.2, -0.15) is 0 Å². The smallest absolute Gasteiger partial charge is 0.254 e. The summed E-state index contributed by atoms with van der Waals surface area (Å²) in [5, 5.41) is 3.61. The van der Waals surface area contributed by atoms with Crippen molar-refractivity contribution >= 4 is 34.6 Å². The summed E-state index contributed by atoms with van der Waals surface area (Å²) in [6.07, 6.45) is 5.68. The quantitative estimate of drug-likeness (QED) is 0.245. The summed E-state index contributed by atoms with van der Waals surface area (Å²) in [7, 11) is 1.72. The van der Waals surface area contributed by atoms with Gasteiger partial charge in [-0.1, -0.05) is 19.1 Å². The van der Waals surface area contributed by atoms with Gasteiger partial charge in [-0.05, 0) is 55.7 Å². The van der Waals surface area contributed by atoms with E-state index in [0.29, 0.717) is 30.3 Å². The van der Waals surface area contributed by atoms with Crippen LogP contribution in [-0.4, -0.2) is 76.4 Å². The molecule has 0 unspecified atom stereocenters. The molecule has 10 heteroatoms. The molecule has 4 rings (SSSR count). The molecule has 1 aliphatic rings. The lowest BCUT2D eigenvalue weighted by Gasteiger charge is -2.33. The fraction of sp³-hybridized carbons (Fsp3) is 0.517. The number of likely N-dealkylation sites (tertiary alicyclic amines) is 1. The minimum Gasteiger partial charge on any atom is -0.385 e. The van der Waals surface area contributed by atoms with Gasteiger partial charge in [0.05, 0.1) is 16.6 Å². The molecule has 39 heavy (non-hydrogen) atoms. The summed E-state index contributed by atoms with van der Waals surface area (Å²) < 4.78 is 7.57. The number of fused-ring (bicyclic) bond motifs is 1. The monoisotopic (exact) mass is 552 g/mol. The molecule has 0 saturated carbocycles. The van der Waals surface area contributed by atoms with Crippen LogP contribution in [0.25, 0.3) is 11.0 Å². The average molecular weight is 553 g/mol. The van der Waals surface area contributed by atoms with Gasteiger partial charge in [0.25, 0.3) is 5.91 Å². The maximum absolute atomic E-state index is 13.2. The molecule has 0 radical (unpaired) electrons. The number of aromatic nitrogens is 3. The van der Waals surface area contributed by atoms with Crippen LogP contribution in [0.2, 0.25) is 0 Å². The van der Waals surface area contributed by atoms with Gasteiger partial charge in [0.1, 0.15) is 10.9 Å². The Hall–Kier alpha value is -2.95. The lowest BCUT2D eigenvalue weighted by atomic mass is 9.96. The van der Waals surface area contributed by atoms with Crippen LogP contribution >= 0.6 is 11.8 Å². The van der Waals surface area contributed by atoms with E-state index in [1.165, 1.54) is 0 Å². The van der Waals surface area contributed by atoms with Gasteiger partial charge in [-0.25, -0.2) is 9.97 Å². The van der Waals surface area contributed by atoms with Gasteiger partial charge >= 0.3 is 0 Å². The van der Waals surface area contributed by atoms with E-state index in [1.54, 1.807) is 37.2 Å². The zero-order chi connectivity index (χ0) is 27.6. The van der Waals surface area contributed by atoms with Crippen molar-refractivity contribution in [3.8, 4) is 0 Å². The fourth-order valence-corrected chi connectivity index (χ4v) is 5.89. The molecule has 3 aromatic rings. The first kappa shape index (κ1) is 29.0. The van der Waals surface area contributed by atoms with Gasteiger partial charge < -0.3 is 25.3 Å². The van der Waals surface area contributed by atoms with Crippen molar-refractivity contribution in [3.05, 3.63) is 54.0 Å². The van der Waals surface area contributed by atoms with Crippen molar-refractivity contribution in [2.45, 2.75) is 62.6 Å². The second-order valence-corrected chi connectivity index (χ2v) is 11.1. The van der Waals surface area contributed by atoms with Crippen LogP contribution in [0.15, 0.2) is 47.6 Å². The Labute approximate surface area is 234 Å². The Balaban J connectivity index is 1.35. The third-order valence-corrected chi connectivity index (χ3v) is 8.18. The summed E-state index contributed by atoms with van der Waals surface area (Å²) in [6.45, 7) is 5.17. The largest absolute Gasteiger partial charge is 0.385 e. The number of benzene rings is 1. The van der Waals surface area contributed by atoms with Crippen molar-refractivity contribution in [1.82, 2.24) is 24.8 Å². The van der Waals surface area contributed by atoms with Gasteiger partial charge in [-0.15, -0.1) is 11.8 Å². The minimum absolute atomic E-state index is 0.0176. The molecule has 2 amide bonds. The van der Waals surface area contributed by atoms with E-state index in [4.69, 9.17) is 15.5 Å². The summed E-state index contributed by atoms with van der Waals surface area (Å²) >= 11 is 1.57.